The number of likely N-dealkylation sites (N-methyl/N-ethyl adjacent to an activating group) is 1. The number of Topliss-reactive ketones (excluding diaryl/α,β-unsaturated/α-hetero) is 1. The normalized spacial score (nSPS) is 22.5. The Hall–Kier alpha value is -2.94. The Bertz CT molecular complexity index is 1200. The molecule has 1 amide bonds. The molecule has 1 aliphatic carbocycles. The van der Waals surface area contributed by atoms with Crippen molar-refractivity contribution in [3.8, 4) is 0 Å². The van der Waals surface area contributed by atoms with Crippen LogP contribution in [-0.2, 0) is 15.0 Å². The molecule has 5 rings (SSSR count). The highest BCUT2D eigenvalue weighted by Crippen LogP contribution is 2.55. The molecule has 9 heteroatoms. The van der Waals surface area contributed by atoms with E-state index in [1.165, 1.54) is 0 Å². The first kappa shape index (κ1) is 18.1. The van der Waals surface area contributed by atoms with Gasteiger partial charge in [0, 0.05) is 40.0 Å². The maximum Gasteiger partial charge on any atom is 0.259 e. The number of carbonyl (C=O) groups is 2. The number of rotatable bonds is 1. The Morgan fingerprint density at radius 3 is 2.83 bits per heavy atom. The molecule has 0 saturated carbocycles. The number of hydrogen-bond acceptors (Lipinski definition) is 6. The Morgan fingerprint density at radius 1 is 1.28 bits per heavy atom. The summed E-state index contributed by atoms with van der Waals surface area (Å²) in [6, 6.07) is 5.50. The summed E-state index contributed by atoms with van der Waals surface area (Å²) in [7, 11) is 0. The maximum absolute atomic E-state index is 14.0. The molecular weight excluding hydrogens is 438 g/mol. The van der Waals surface area contributed by atoms with E-state index < -0.39 is 11.0 Å². The van der Waals surface area contributed by atoms with Gasteiger partial charge in [-0.05, 0) is 38.0 Å². The van der Waals surface area contributed by atoms with Gasteiger partial charge in [0.25, 0.3) is 5.56 Å². The van der Waals surface area contributed by atoms with Crippen LogP contribution in [0, 0.1) is 0 Å². The third-order valence-electron chi connectivity index (χ3n) is 5.90. The van der Waals surface area contributed by atoms with E-state index in [2.05, 4.69) is 31.2 Å². The number of nitrogens with one attached hydrogen (secondary N) is 2. The number of carbonyl (C=O) groups excluding carboxylic acids is 2. The summed E-state index contributed by atoms with van der Waals surface area (Å²) in [6.45, 7) is 2.28. The number of hydrogen-bond donors (Lipinski definition) is 3. The molecule has 3 aliphatic rings. The summed E-state index contributed by atoms with van der Waals surface area (Å²) < 4.78 is 0.756. The zero-order valence-corrected chi connectivity index (χ0v) is 17.2. The summed E-state index contributed by atoms with van der Waals surface area (Å²) in [4.78, 5) is 48.7. The fourth-order valence-electron chi connectivity index (χ4n) is 4.87. The van der Waals surface area contributed by atoms with Gasteiger partial charge in [-0.15, -0.1) is 0 Å². The lowest BCUT2D eigenvalue weighted by atomic mass is 9.64. The molecule has 1 atom stereocenters. The molecule has 4 N–H and O–H groups in total. The second-order valence-electron chi connectivity index (χ2n) is 7.39. The highest BCUT2D eigenvalue weighted by atomic mass is 79.9. The minimum Gasteiger partial charge on any atom is -0.369 e. The summed E-state index contributed by atoms with van der Waals surface area (Å²) >= 11 is 3.48. The van der Waals surface area contributed by atoms with Crippen LogP contribution in [0.4, 0.5) is 17.5 Å². The summed E-state index contributed by atoms with van der Waals surface area (Å²) in [5.41, 5.74) is 6.15. The van der Waals surface area contributed by atoms with Crippen molar-refractivity contribution >= 4 is 45.1 Å². The molecule has 1 unspecified atom stereocenters. The van der Waals surface area contributed by atoms with Crippen LogP contribution < -0.4 is 21.5 Å². The average molecular weight is 456 g/mol. The number of amides is 1. The smallest absolute Gasteiger partial charge is 0.259 e. The number of ketones is 1. The lowest BCUT2D eigenvalue weighted by Gasteiger charge is -2.39. The number of fused-ring (bicyclic) bond motifs is 5. The first-order valence-electron chi connectivity index (χ1n) is 9.45. The Morgan fingerprint density at radius 2 is 2.07 bits per heavy atom. The van der Waals surface area contributed by atoms with Crippen molar-refractivity contribution in [1.82, 2.24) is 9.97 Å². The van der Waals surface area contributed by atoms with Crippen LogP contribution >= 0.6 is 15.9 Å². The highest BCUT2D eigenvalue weighted by molar-refractivity contribution is 9.10. The van der Waals surface area contributed by atoms with Crippen molar-refractivity contribution in [2.75, 3.05) is 22.5 Å². The van der Waals surface area contributed by atoms with Crippen LogP contribution in [0.2, 0.25) is 0 Å². The molecule has 1 spiro atoms. The molecule has 0 bridgehead atoms. The number of anilines is 3. The quantitative estimate of drug-likeness (QED) is 0.605. The largest absolute Gasteiger partial charge is 0.369 e. The highest BCUT2D eigenvalue weighted by Gasteiger charge is 2.61. The number of H-pyrrole nitrogens is 1. The van der Waals surface area contributed by atoms with E-state index in [0.717, 1.165) is 4.47 Å². The van der Waals surface area contributed by atoms with Crippen LogP contribution in [0.5, 0.6) is 0 Å². The van der Waals surface area contributed by atoms with E-state index in [4.69, 9.17) is 5.73 Å². The number of halogens is 1. The Labute approximate surface area is 174 Å². The van der Waals surface area contributed by atoms with Gasteiger partial charge in [0.15, 0.2) is 5.78 Å². The summed E-state index contributed by atoms with van der Waals surface area (Å²) in [5, 5.41) is 3.13. The summed E-state index contributed by atoms with van der Waals surface area (Å²) in [6.07, 6.45) is 1.60. The minimum atomic E-state index is -1.53. The van der Waals surface area contributed by atoms with Crippen LogP contribution in [0.1, 0.15) is 37.3 Å². The first-order chi connectivity index (χ1) is 13.9. The molecule has 29 heavy (non-hydrogen) atoms. The van der Waals surface area contributed by atoms with Crippen molar-refractivity contribution in [2.24, 2.45) is 0 Å². The van der Waals surface area contributed by atoms with Gasteiger partial charge >= 0.3 is 0 Å². The van der Waals surface area contributed by atoms with Crippen molar-refractivity contribution in [3.63, 3.8) is 0 Å². The van der Waals surface area contributed by atoms with Gasteiger partial charge in [0.1, 0.15) is 11.2 Å². The molecule has 1 aromatic carbocycles. The predicted molar refractivity (Wildman–Crippen MR) is 112 cm³/mol. The number of nitrogens with two attached hydrogens (primary N) is 1. The van der Waals surface area contributed by atoms with Crippen LogP contribution in [0.15, 0.2) is 38.7 Å². The van der Waals surface area contributed by atoms with Crippen LogP contribution in [-0.4, -0.2) is 28.2 Å². The Balaban J connectivity index is 1.99. The van der Waals surface area contributed by atoms with Gasteiger partial charge in [-0.25, -0.2) is 0 Å². The zero-order chi connectivity index (χ0) is 20.5. The molecule has 2 aliphatic heterocycles. The van der Waals surface area contributed by atoms with Gasteiger partial charge in [-0.2, -0.15) is 4.98 Å². The van der Waals surface area contributed by atoms with Gasteiger partial charge in [0.05, 0.1) is 5.56 Å². The standard InChI is InChI=1S/C20H18BrN5O3/c1-2-26-12-7-6-9(21)8-10(12)20(18(26)29)14-11(4-3-5-13(14)27)23-16-15(20)17(28)25-19(22)24-16/h6-8H,2-5H2,1H3,(H4,22,23,24,25,28). The van der Waals surface area contributed by atoms with Gasteiger partial charge in [0.2, 0.25) is 11.9 Å². The third-order valence-corrected chi connectivity index (χ3v) is 6.40. The van der Waals surface area contributed by atoms with Gasteiger partial charge in [-0.1, -0.05) is 15.9 Å². The lowest BCUT2D eigenvalue weighted by Crippen LogP contribution is -2.51. The van der Waals surface area contributed by atoms with E-state index in [-0.39, 0.29) is 29.0 Å². The predicted octanol–water partition coefficient (Wildman–Crippen LogP) is 2.20. The summed E-state index contributed by atoms with van der Waals surface area (Å²) in [5.74, 6) is -0.250. The lowest BCUT2D eigenvalue weighted by molar-refractivity contribution is -0.124. The molecule has 2 aromatic rings. The first-order valence-corrected chi connectivity index (χ1v) is 10.2. The van der Waals surface area contributed by atoms with E-state index in [9.17, 15) is 14.4 Å². The van der Waals surface area contributed by atoms with Gasteiger partial charge < -0.3 is 16.0 Å². The molecule has 0 saturated heterocycles. The van der Waals surface area contributed by atoms with Crippen molar-refractivity contribution < 1.29 is 9.59 Å². The van der Waals surface area contributed by atoms with Gasteiger partial charge in [-0.3, -0.25) is 19.4 Å². The molecule has 3 heterocycles. The molecule has 0 radical (unpaired) electrons. The van der Waals surface area contributed by atoms with Crippen LogP contribution in [0.25, 0.3) is 0 Å². The van der Waals surface area contributed by atoms with Crippen molar-refractivity contribution in [1.29, 1.82) is 0 Å². The average Bonchev–Trinajstić information content (AvgIpc) is 2.89. The number of benzene rings is 1. The minimum absolute atomic E-state index is 0.0464. The Kier molecular flexibility index (Phi) is 3.76. The topological polar surface area (TPSA) is 121 Å². The van der Waals surface area contributed by atoms with E-state index >= 15 is 0 Å². The van der Waals surface area contributed by atoms with E-state index in [1.54, 1.807) is 4.90 Å². The van der Waals surface area contributed by atoms with E-state index in [1.807, 2.05) is 25.1 Å². The monoisotopic (exact) mass is 455 g/mol. The molecular formula is C20H18BrN5O3. The molecule has 1 aromatic heterocycles. The second kappa shape index (κ2) is 6.03. The number of aromatic amines is 1. The maximum atomic E-state index is 14.0. The van der Waals surface area contributed by atoms with E-state index in [0.29, 0.717) is 48.3 Å². The fraction of sp³-hybridized carbons (Fsp3) is 0.300. The number of aromatic nitrogens is 2. The third kappa shape index (κ3) is 2.19. The number of nitrogens with zero attached hydrogens (tertiary/aromatic N) is 2. The van der Waals surface area contributed by atoms with Crippen molar-refractivity contribution in [2.45, 2.75) is 31.6 Å². The van der Waals surface area contributed by atoms with Crippen LogP contribution in [0.3, 0.4) is 0 Å². The molecule has 0 fully saturated rings. The van der Waals surface area contributed by atoms with Crippen molar-refractivity contribution in [3.05, 3.63) is 55.4 Å². The molecule has 148 valence electrons. The second-order valence-corrected chi connectivity index (χ2v) is 8.31. The number of nitrogen functional groups attached to an aromatic ring is 1. The zero-order valence-electron chi connectivity index (χ0n) is 15.6. The molecule has 8 nitrogen and oxygen atoms in total. The fourth-order valence-corrected chi connectivity index (χ4v) is 5.23. The SMILES string of the molecule is CCN1C(=O)C2(C3=C(CCCC3=O)Nc3nc(N)[nH]c(=O)c32)c2cc(Br)ccc21. The number of allylic oxidation sites excluding steroid dienone is 1.